The highest BCUT2D eigenvalue weighted by Gasteiger charge is 2.51. The van der Waals surface area contributed by atoms with E-state index in [9.17, 15) is 27.6 Å². The Hall–Kier alpha value is -3.33. The summed E-state index contributed by atoms with van der Waals surface area (Å²) in [6, 6.07) is 11.0. The largest absolute Gasteiger partial charge is 0.416 e. The van der Waals surface area contributed by atoms with Gasteiger partial charge in [0.1, 0.15) is 5.78 Å². The molecule has 2 aliphatic rings. The van der Waals surface area contributed by atoms with E-state index < -0.39 is 35.0 Å². The zero-order valence-corrected chi connectivity index (χ0v) is 20.8. The molecule has 2 aromatic rings. The lowest BCUT2D eigenvalue weighted by Gasteiger charge is -2.29. The number of fused-ring (bicyclic) bond motifs is 1. The van der Waals surface area contributed by atoms with Gasteiger partial charge in [-0.2, -0.15) is 13.2 Å². The number of nitrogens with zero attached hydrogens (tertiary/aromatic N) is 2. The zero-order chi connectivity index (χ0) is 27.0. The first-order valence-electron chi connectivity index (χ1n) is 12.5. The van der Waals surface area contributed by atoms with Gasteiger partial charge in [-0.3, -0.25) is 20.1 Å². The van der Waals surface area contributed by atoms with Crippen LogP contribution in [0.1, 0.15) is 62.1 Å². The minimum Gasteiger partial charge on any atom is -0.311 e. The molecule has 6 nitrogen and oxygen atoms in total. The molecule has 1 aliphatic heterocycles. The summed E-state index contributed by atoms with van der Waals surface area (Å²) < 4.78 is 39.5. The molecule has 0 radical (unpaired) electrons. The summed E-state index contributed by atoms with van der Waals surface area (Å²) in [7, 11) is 1.47. The van der Waals surface area contributed by atoms with E-state index in [1.165, 1.54) is 24.1 Å². The zero-order valence-electron chi connectivity index (χ0n) is 20.8. The topological polar surface area (TPSA) is 92.8 Å². The highest BCUT2D eigenvalue weighted by molar-refractivity contribution is 6.27. The Balaban J connectivity index is 1.84. The first kappa shape index (κ1) is 26.7. The Morgan fingerprint density at radius 1 is 1.14 bits per heavy atom. The maximum absolute atomic E-state index is 14.0. The van der Waals surface area contributed by atoms with Crippen molar-refractivity contribution in [2.75, 3.05) is 11.9 Å². The molecule has 9 heteroatoms. The first-order valence-corrected chi connectivity index (χ1v) is 12.5. The lowest BCUT2D eigenvalue weighted by molar-refractivity contribution is -0.141. The van der Waals surface area contributed by atoms with Crippen molar-refractivity contribution in [3.8, 4) is 0 Å². The Bertz CT molecular complexity index is 1240. The van der Waals surface area contributed by atoms with E-state index in [4.69, 9.17) is 5.73 Å². The minimum atomic E-state index is -4.53. The van der Waals surface area contributed by atoms with E-state index in [1.54, 1.807) is 24.3 Å². The summed E-state index contributed by atoms with van der Waals surface area (Å²) in [4.78, 5) is 46.5. The van der Waals surface area contributed by atoms with Crippen molar-refractivity contribution < 1.29 is 27.6 Å². The minimum absolute atomic E-state index is 0.115. The van der Waals surface area contributed by atoms with Crippen LogP contribution >= 0.6 is 0 Å². The Morgan fingerprint density at radius 2 is 1.78 bits per heavy atom. The number of anilines is 1. The summed E-state index contributed by atoms with van der Waals surface area (Å²) in [6.07, 6.45) is -0.810. The normalized spacial score (nSPS) is 20.6. The van der Waals surface area contributed by atoms with Gasteiger partial charge in [0, 0.05) is 24.6 Å². The number of nitrogens with two attached hydrogens (primary N) is 1. The van der Waals surface area contributed by atoms with Gasteiger partial charge in [0.2, 0.25) is 5.66 Å². The SMILES string of the molecule is CCCCC(=O)[C@@H](CC1CC1)C(=O)C1(N)N=C(c2ccc(C(F)(F)F)cc2)c2ccccc2N(C)C1=O. The van der Waals surface area contributed by atoms with Crippen LogP contribution in [0.4, 0.5) is 18.9 Å². The van der Waals surface area contributed by atoms with Crippen LogP contribution in [0, 0.1) is 11.8 Å². The average Bonchev–Trinajstić information content (AvgIpc) is 3.71. The van der Waals surface area contributed by atoms with Crippen molar-refractivity contribution in [3.05, 3.63) is 65.2 Å². The van der Waals surface area contributed by atoms with Gasteiger partial charge in [-0.05, 0) is 37.0 Å². The first-order chi connectivity index (χ1) is 17.5. The third kappa shape index (κ3) is 5.37. The number of rotatable bonds is 9. The van der Waals surface area contributed by atoms with Crippen LogP contribution in [0.5, 0.6) is 0 Å². The summed E-state index contributed by atoms with van der Waals surface area (Å²) in [5, 5.41) is 0. The van der Waals surface area contributed by atoms with Gasteiger partial charge < -0.3 is 4.90 Å². The standard InChI is InChI=1S/C28H30F3N3O3/c1-3-4-9-23(35)21(16-17-10-11-17)25(36)27(32)26(37)34(2)22-8-6-5-7-20(22)24(33-27)18-12-14-19(15-13-18)28(29,30)31/h5-8,12-15,17,21H,3-4,9-11,16,32H2,1-2H3/t21-,27?/m1/s1. The molecule has 1 amide bonds. The predicted molar refractivity (Wildman–Crippen MR) is 134 cm³/mol. The molecule has 37 heavy (non-hydrogen) atoms. The number of unbranched alkanes of at least 4 members (excludes halogenated alkanes) is 1. The predicted octanol–water partition coefficient (Wildman–Crippen LogP) is 4.92. The number of hydrogen-bond donors (Lipinski definition) is 1. The number of benzene rings is 2. The number of amides is 1. The molecule has 1 heterocycles. The quantitative estimate of drug-likeness (QED) is 0.482. The van der Waals surface area contributed by atoms with E-state index in [0.29, 0.717) is 24.1 Å². The second kappa shape index (κ2) is 10.2. The lowest BCUT2D eigenvalue weighted by Crippen LogP contribution is -2.61. The van der Waals surface area contributed by atoms with Crippen molar-refractivity contribution in [1.29, 1.82) is 0 Å². The number of hydrogen-bond acceptors (Lipinski definition) is 5. The third-order valence-electron chi connectivity index (χ3n) is 7.05. The van der Waals surface area contributed by atoms with Crippen LogP contribution in [-0.2, 0) is 20.6 Å². The summed E-state index contributed by atoms with van der Waals surface area (Å²) in [5.74, 6) is -2.67. The fourth-order valence-electron chi connectivity index (χ4n) is 4.68. The lowest BCUT2D eigenvalue weighted by atomic mass is 9.83. The van der Waals surface area contributed by atoms with Crippen LogP contribution in [0.2, 0.25) is 0 Å². The maximum atomic E-state index is 14.0. The maximum Gasteiger partial charge on any atom is 0.416 e. The van der Waals surface area contributed by atoms with Crippen LogP contribution in [0.25, 0.3) is 0 Å². The summed E-state index contributed by atoms with van der Waals surface area (Å²) >= 11 is 0. The monoisotopic (exact) mass is 513 g/mol. The number of para-hydroxylation sites is 1. The number of carbonyl (C=O) groups excluding carboxylic acids is 3. The van der Waals surface area contributed by atoms with E-state index in [2.05, 4.69) is 4.99 Å². The summed E-state index contributed by atoms with van der Waals surface area (Å²) in [5.41, 5.74) is 4.52. The fraction of sp³-hybridized carbons (Fsp3) is 0.429. The van der Waals surface area contributed by atoms with Crippen LogP contribution in [0.15, 0.2) is 53.5 Å². The number of carbonyl (C=O) groups is 3. The van der Waals surface area contributed by atoms with Gasteiger partial charge in [0.05, 0.1) is 22.9 Å². The Labute approximate surface area is 213 Å². The van der Waals surface area contributed by atoms with Crippen molar-refractivity contribution in [2.24, 2.45) is 22.6 Å². The molecule has 1 aliphatic carbocycles. The fourth-order valence-corrected chi connectivity index (χ4v) is 4.68. The second-order valence-electron chi connectivity index (χ2n) is 9.85. The number of benzodiazepines with no additional fused rings is 1. The highest BCUT2D eigenvalue weighted by Crippen LogP contribution is 2.39. The molecule has 1 unspecified atom stereocenters. The molecule has 0 spiro atoms. The third-order valence-corrected chi connectivity index (χ3v) is 7.05. The number of alkyl halides is 3. The van der Waals surface area contributed by atoms with Crippen LogP contribution in [0.3, 0.4) is 0 Å². The molecule has 2 aromatic carbocycles. The van der Waals surface area contributed by atoms with Crippen LogP contribution in [-0.4, -0.2) is 35.9 Å². The molecule has 2 atom stereocenters. The van der Waals surface area contributed by atoms with Crippen molar-refractivity contribution >= 4 is 28.9 Å². The highest BCUT2D eigenvalue weighted by atomic mass is 19.4. The van der Waals surface area contributed by atoms with Crippen molar-refractivity contribution in [3.63, 3.8) is 0 Å². The van der Waals surface area contributed by atoms with Gasteiger partial charge in [0.25, 0.3) is 5.91 Å². The van der Waals surface area contributed by atoms with Gasteiger partial charge in [0.15, 0.2) is 5.78 Å². The Morgan fingerprint density at radius 3 is 2.38 bits per heavy atom. The molecule has 0 bridgehead atoms. The number of Topliss-reactive ketones (excluding diaryl/α,β-unsaturated/α-hetero) is 2. The molecule has 1 fully saturated rings. The molecule has 0 saturated heterocycles. The summed E-state index contributed by atoms with van der Waals surface area (Å²) in [6.45, 7) is 1.94. The molecular weight excluding hydrogens is 483 g/mol. The number of halogens is 3. The van der Waals surface area contributed by atoms with Crippen molar-refractivity contribution in [1.82, 2.24) is 0 Å². The van der Waals surface area contributed by atoms with Gasteiger partial charge >= 0.3 is 6.18 Å². The number of likely N-dealkylation sites (N-methyl/N-ethyl adjacent to an activating group) is 1. The van der Waals surface area contributed by atoms with Gasteiger partial charge in [-0.15, -0.1) is 0 Å². The van der Waals surface area contributed by atoms with Gasteiger partial charge in [-0.1, -0.05) is 56.5 Å². The van der Waals surface area contributed by atoms with E-state index in [1.807, 2.05) is 6.92 Å². The van der Waals surface area contributed by atoms with E-state index in [-0.39, 0.29) is 29.4 Å². The molecule has 4 rings (SSSR count). The second-order valence-corrected chi connectivity index (χ2v) is 9.85. The number of aliphatic imine (C=N–C) groups is 1. The molecule has 2 N–H and O–H groups in total. The molecule has 1 saturated carbocycles. The molecule has 0 aromatic heterocycles. The average molecular weight is 514 g/mol. The Kier molecular flexibility index (Phi) is 7.37. The van der Waals surface area contributed by atoms with E-state index >= 15 is 0 Å². The van der Waals surface area contributed by atoms with E-state index in [0.717, 1.165) is 31.4 Å². The van der Waals surface area contributed by atoms with Gasteiger partial charge in [-0.25, -0.2) is 4.99 Å². The number of ketones is 2. The molecular formula is C28H30F3N3O3. The van der Waals surface area contributed by atoms with Crippen molar-refractivity contribution in [2.45, 2.75) is 57.3 Å². The van der Waals surface area contributed by atoms with Crippen LogP contribution < -0.4 is 10.6 Å². The smallest absolute Gasteiger partial charge is 0.311 e. The molecule has 196 valence electrons.